The summed E-state index contributed by atoms with van der Waals surface area (Å²) in [6.07, 6.45) is 4.58. The zero-order valence-electron chi connectivity index (χ0n) is 16.0. The first kappa shape index (κ1) is 19.7. The Morgan fingerprint density at radius 3 is 2.74 bits per heavy atom. The number of carbonyl (C=O) groups excluding carboxylic acids is 1. The molecule has 2 aliphatic rings. The van der Waals surface area contributed by atoms with E-state index in [1.165, 1.54) is 0 Å². The van der Waals surface area contributed by atoms with Gasteiger partial charge in [-0.2, -0.15) is 0 Å². The van der Waals surface area contributed by atoms with Gasteiger partial charge in [-0.25, -0.2) is 4.79 Å². The molecule has 1 unspecified atom stereocenters. The lowest BCUT2D eigenvalue weighted by molar-refractivity contribution is -0.137. The first-order chi connectivity index (χ1) is 13.0. The molecule has 2 fully saturated rings. The molecule has 1 aliphatic heterocycles. The fourth-order valence-corrected chi connectivity index (χ4v) is 4.39. The van der Waals surface area contributed by atoms with E-state index < -0.39 is 5.97 Å². The molecule has 6 heteroatoms. The minimum Gasteiger partial charge on any atom is -0.481 e. The standard InChI is InChI=1S/C21H30N2O4/c1-2-27-18-13-21(14-18)10-11-23(15-21)20(26)22-17(8-9-19(24)25)12-16-6-4-3-5-7-16/h3-7,17-18H,2,8-15H2,1H3,(H,22,26)(H,24,25). The molecule has 1 aromatic carbocycles. The predicted octanol–water partition coefficient (Wildman–Crippen LogP) is 3.06. The summed E-state index contributed by atoms with van der Waals surface area (Å²) in [6, 6.07) is 9.64. The van der Waals surface area contributed by atoms with Crippen molar-refractivity contribution in [2.75, 3.05) is 19.7 Å². The molecular weight excluding hydrogens is 344 g/mol. The Morgan fingerprint density at radius 1 is 1.33 bits per heavy atom. The fourth-order valence-electron chi connectivity index (χ4n) is 4.39. The molecule has 0 bridgehead atoms. The molecule has 148 valence electrons. The van der Waals surface area contributed by atoms with Gasteiger partial charge >= 0.3 is 12.0 Å². The van der Waals surface area contributed by atoms with Crippen LogP contribution >= 0.6 is 0 Å². The quantitative estimate of drug-likeness (QED) is 0.733. The summed E-state index contributed by atoms with van der Waals surface area (Å²) >= 11 is 0. The van der Waals surface area contributed by atoms with Crippen molar-refractivity contribution in [3.05, 3.63) is 35.9 Å². The first-order valence-corrected chi connectivity index (χ1v) is 9.92. The van der Waals surface area contributed by atoms with Gasteiger partial charge in [-0.05, 0) is 50.0 Å². The van der Waals surface area contributed by atoms with Crippen LogP contribution in [0.1, 0.15) is 44.6 Å². The van der Waals surface area contributed by atoms with Crippen molar-refractivity contribution >= 4 is 12.0 Å². The summed E-state index contributed by atoms with van der Waals surface area (Å²) in [4.78, 5) is 25.6. The molecule has 0 aromatic heterocycles. The lowest BCUT2D eigenvalue weighted by Crippen LogP contribution is -2.48. The molecular formula is C21H30N2O4. The average Bonchev–Trinajstić information content (AvgIpc) is 3.06. The van der Waals surface area contributed by atoms with Gasteiger partial charge in [-0.15, -0.1) is 0 Å². The Hall–Kier alpha value is -2.08. The number of hydrogen-bond acceptors (Lipinski definition) is 3. The number of carboxylic acid groups (broad SMARTS) is 1. The van der Waals surface area contributed by atoms with Crippen LogP contribution in [0, 0.1) is 5.41 Å². The van der Waals surface area contributed by atoms with Gasteiger partial charge in [0, 0.05) is 32.2 Å². The van der Waals surface area contributed by atoms with E-state index in [2.05, 4.69) is 5.32 Å². The Kier molecular flexibility index (Phi) is 6.37. The highest BCUT2D eigenvalue weighted by molar-refractivity contribution is 5.75. The zero-order valence-corrected chi connectivity index (χ0v) is 16.0. The number of nitrogens with zero attached hydrogens (tertiary/aromatic N) is 1. The van der Waals surface area contributed by atoms with Crippen LogP contribution in [0.15, 0.2) is 30.3 Å². The second-order valence-electron chi connectivity index (χ2n) is 7.93. The summed E-state index contributed by atoms with van der Waals surface area (Å²) in [5.41, 5.74) is 1.33. The van der Waals surface area contributed by atoms with Crippen LogP contribution in [-0.2, 0) is 16.0 Å². The Balaban J connectivity index is 1.53. The molecule has 1 aliphatic carbocycles. The van der Waals surface area contributed by atoms with Crippen LogP contribution in [0.2, 0.25) is 0 Å². The highest BCUT2D eigenvalue weighted by Gasteiger charge is 2.49. The Morgan fingerprint density at radius 2 is 2.07 bits per heavy atom. The third-order valence-corrected chi connectivity index (χ3v) is 5.81. The van der Waals surface area contributed by atoms with Crippen LogP contribution in [0.3, 0.4) is 0 Å². The van der Waals surface area contributed by atoms with Gasteiger partial charge in [0.1, 0.15) is 0 Å². The van der Waals surface area contributed by atoms with Crippen molar-refractivity contribution in [3.8, 4) is 0 Å². The number of carboxylic acids is 1. The van der Waals surface area contributed by atoms with Crippen molar-refractivity contribution < 1.29 is 19.4 Å². The van der Waals surface area contributed by atoms with Gasteiger partial charge in [-0.3, -0.25) is 4.79 Å². The zero-order chi connectivity index (χ0) is 19.3. The molecule has 1 spiro atoms. The van der Waals surface area contributed by atoms with E-state index >= 15 is 0 Å². The predicted molar refractivity (Wildman–Crippen MR) is 103 cm³/mol. The Labute approximate surface area is 160 Å². The van der Waals surface area contributed by atoms with E-state index in [1.54, 1.807) is 0 Å². The van der Waals surface area contributed by atoms with Gasteiger partial charge in [0.15, 0.2) is 0 Å². The van der Waals surface area contributed by atoms with Crippen LogP contribution < -0.4 is 5.32 Å². The second kappa shape index (κ2) is 8.74. The molecule has 6 nitrogen and oxygen atoms in total. The van der Waals surface area contributed by atoms with E-state index in [0.29, 0.717) is 18.9 Å². The molecule has 2 amide bonds. The minimum absolute atomic E-state index is 0.0533. The van der Waals surface area contributed by atoms with Gasteiger partial charge in [0.25, 0.3) is 0 Å². The minimum atomic E-state index is -0.834. The fraction of sp³-hybridized carbons (Fsp3) is 0.619. The molecule has 27 heavy (non-hydrogen) atoms. The van der Waals surface area contributed by atoms with E-state index in [9.17, 15) is 9.59 Å². The van der Waals surface area contributed by atoms with E-state index in [0.717, 1.165) is 44.5 Å². The summed E-state index contributed by atoms with van der Waals surface area (Å²) in [5.74, 6) is -0.834. The monoisotopic (exact) mass is 374 g/mol. The number of amides is 2. The molecule has 1 heterocycles. The highest BCUT2D eigenvalue weighted by Crippen LogP contribution is 2.49. The number of ether oxygens (including phenoxy) is 1. The van der Waals surface area contributed by atoms with Crippen LogP contribution in [0.25, 0.3) is 0 Å². The van der Waals surface area contributed by atoms with E-state index in [4.69, 9.17) is 9.84 Å². The molecule has 1 aromatic rings. The number of nitrogens with one attached hydrogen (secondary N) is 1. The number of rotatable bonds is 8. The SMILES string of the molecule is CCOC1CC2(CCN(C(=O)NC(CCC(=O)O)Cc3ccccc3)C2)C1. The van der Waals surface area contributed by atoms with Gasteiger partial charge in [-0.1, -0.05) is 30.3 Å². The lowest BCUT2D eigenvalue weighted by Gasteiger charge is -2.44. The topological polar surface area (TPSA) is 78.9 Å². The number of carbonyl (C=O) groups is 2. The maximum absolute atomic E-state index is 12.8. The number of aliphatic carboxylic acids is 1. The van der Waals surface area contributed by atoms with Crippen molar-refractivity contribution in [2.45, 2.75) is 57.6 Å². The lowest BCUT2D eigenvalue weighted by atomic mass is 9.66. The molecule has 0 radical (unpaired) electrons. The summed E-state index contributed by atoms with van der Waals surface area (Å²) < 4.78 is 5.67. The largest absolute Gasteiger partial charge is 0.481 e. The number of benzene rings is 1. The Bertz CT molecular complexity index is 643. The molecule has 2 N–H and O–H groups in total. The van der Waals surface area contributed by atoms with Crippen molar-refractivity contribution in [1.29, 1.82) is 0 Å². The number of likely N-dealkylation sites (tertiary alicyclic amines) is 1. The van der Waals surface area contributed by atoms with Crippen LogP contribution in [-0.4, -0.2) is 53.8 Å². The molecule has 1 atom stereocenters. The highest BCUT2D eigenvalue weighted by atomic mass is 16.5. The number of urea groups is 1. The van der Waals surface area contributed by atoms with E-state index in [-0.39, 0.29) is 23.9 Å². The maximum Gasteiger partial charge on any atom is 0.317 e. The average molecular weight is 374 g/mol. The molecule has 1 saturated carbocycles. The second-order valence-corrected chi connectivity index (χ2v) is 7.93. The summed E-state index contributed by atoms with van der Waals surface area (Å²) in [7, 11) is 0. The number of hydrogen-bond donors (Lipinski definition) is 2. The van der Waals surface area contributed by atoms with Gasteiger partial charge in [0.2, 0.25) is 0 Å². The maximum atomic E-state index is 12.8. The van der Waals surface area contributed by atoms with Crippen molar-refractivity contribution in [1.82, 2.24) is 10.2 Å². The van der Waals surface area contributed by atoms with Gasteiger partial charge < -0.3 is 20.1 Å². The van der Waals surface area contributed by atoms with Crippen molar-refractivity contribution in [3.63, 3.8) is 0 Å². The first-order valence-electron chi connectivity index (χ1n) is 9.92. The summed E-state index contributed by atoms with van der Waals surface area (Å²) in [5, 5.41) is 12.1. The van der Waals surface area contributed by atoms with Crippen molar-refractivity contribution in [2.24, 2.45) is 5.41 Å². The van der Waals surface area contributed by atoms with Gasteiger partial charge in [0.05, 0.1) is 6.10 Å². The third kappa shape index (κ3) is 5.22. The molecule has 3 rings (SSSR count). The normalized spacial score (nSPS) is 25.2. The molecule has 1 saturated heterocycles. The third-order valence-electron chi connectivity index (χ3n) is 5.81. The van der Waals surface area contributed by atoms with E-state index in [1.807, 2.05) is 42.2 Å². The van der Waals surface area contributed by atoms with Crippen LogP contribution in [0.4, 0.5) is 4.79 Å². The smallest absolute Gasteiger partial charge is 0.317 e. The van der Waals surface area contributed by atoms with Crippen LogP contribution in [0.5, 0.6) is 0 Å². The summed E-state index contributed by atoms with van der Waals surface area (Å²) in [6.45, 7) is 4.31.